The molecule has 0 radical (unpaired) electrons. The number of anilines is 1. The first-order valence-electron chi connectivity index (χ1n) is 9.53. The molecule has 3 heterocycles. The van der Waals surface area contributed by atoms with Crippen LogP contribution in [0.2, 0.25) is 5.02 Å². The quantitative estimate of drug-likeness (QED) is 0.821. The molecule has 1 fully saturated rings. The Morgan fingerprint density at radius 3 is 2.90 bits per heavy atom. The molecule has 1 unspecified atom stereocenters. The van der Waals surface area contributed by atoms with Crippen LogP contribution in [0.15, 0.2) is 36.7 Å². The molecule has 1 saturated heterocycles. The van der Waals surface area contributed by atoms with Crippen molar-refractivity contribution in [1.29, 1.82) is 0 Å². The number of amides is 2. The Kier molecular flexibility index (Phi) is 5.58. The molecule has 4 rings (SSSR count). The Labute approximate surface area is 173 Å². The van der Waals surface area contributed by atoms with Gasteiger partial charge in [-0.2, -0.15) is 0 Å². The van der Waals surface area contributed by atoms with Crippen molar-refractivity contribution in [3.05, 3.63) is 47.5 Å². The number of benzene rings is 1. The zero-order valence-corrected chi connectivity index (χ0v) is 16.9. The summed E-state index contributed by atoms with van der Waals surface area (Å²) in [5, 5.41) is 3.43. The Morgan fingerprint density at radius 2 is 2.17 bits per heavy atom. The van der Waals surface area contributed by atoms with Crippen LogP contribution in [0.1, 0.15) is 18.7 Å². The summed E-state index contributed by atoms with van der Waals surface area (Å²) in [6, 6.07) is 7.01. The van der Waals surface area contributed by atoms with Gasteiger partial charge in [-0.3, -0.25) is 9.59 Å². The number of aromatic nitrogens is 2. The molecule has 1 spiro atoms. The van der Waals surface area contributed by atoms with E-state index in [2.05, 4.69) is 10.3 Å². The number of ether oxygens (including phenoxy) is 2. The van der Waals surface area contributed by atoms with Crippen LogP contribution in [-0.4, -0.2) is 59.2 Å². The second-order valence-corrected chi connectivity index (χ2v) is 7.75. The minimum Gasteiger partial charge on any atom is -0.375 e. The molecule has 1 N–H and O–H groups in total. The Bertz CT molecular complexity index is 907. The average molecular weight is 419 g/mol. The standard InChI is InChI=1S/C20H23ClN4O4/c1-28-13-17(26)24-8-5-20(6-9-24)19-22-7-10-25(19)12-16(29-20)18(27)23-15-4-2-3-14(21)11-15/h2-4,7,10-11,16H,5-6,8-9,12-13H2,1H3,(H,23,27). The number of hydrogen-bond donors (Lipinski definition) is 1. The number of nitrogens with zero attached hydrogens (tertiary/aromatic N) is 3. The molecule has 8 nitrogen and oxygen atoms in total. The van der Waals surface area contributed by atoms with Gasteiger partial charge in [-0.1, -0.05) is 17.7 Å². The van der Waals surface area contributed by atoms with Gasteiger partial charge in [0.15, 0.2) is 6.10 Å². The summed E-state index contributed by atoms with van der Waals surface area (Å²) in [4.78, 5) is 31.3. The van der Waals surface area contributed by atoms with Crippen molar-refractivity contribution < 1.29 is 19.1 Å². The molecule has 2 aliphatic heterocycles. The van der Waals surface area contributed by atoms with Gasteiger partial charge < -0.3 is 24.3 Å². The normalized spacial score (nSPS) is 20.3. The van der Waals surface area contributed by atoms with Crippen LogP contribution in [0.4, 0.5) is 5.69 Å². The molecule has 29 heavy (non-hydrogen) atoms. The first kappa shape index (κ1) is 19.9. The lowest BCUT2D eigenvalue weighted by molar-refractivity contribution is -0.173. The lowest BCUT2D eigenvalue weighted by Crippen LogP contribution is -2.54. The van der Waals surface area contributed by atoms with Crippen LogP contribution in [0.5, 0.6) is 0 Å². The summed E-state index contributed by atoms with van der Waals surface area (Å²) in [6.45, 7) is 1.50. The van der Waals surface area contributed by atoms with Crippen LogP contribution >= 0.6 is 11.6 Å². The summed E-state index contributed by atoms with van der Waals surface area (Å²) in [5.41, 5.74) is -0.0707. The molecule has 0 aliphatic carbocycles. The number of carbonyl (C=O) groups is 2. The fraction of sp³-hybridized carbons (Fsp3) is 0.450. The van der Waals surface area contributed by atoms with E-state index in [1.54, 1.807) is 35.4 Å². The van der Waals surface area contributed by atoms with Crippen LogP contribution < -0.4 is 5.32 Å². The number of methoxy groups -OCH3 is 1. The molecule has 2 aliphatic rings. The zero-order chi connectivity index (χ0) is 20.4. The Hall–Kier alpha value is -2.42. The molecule has 0 bridgehead atoms. The Morgan fingerprint density at radius 1 is 1.38 bits per heavy atom. The van der Waals surface area contributed by atoms with Gasteiger partial charge in [0.05, 0.1) is 6.54 Å². The number of nitrogens with one attached hydrogen (secondary N) is 1. The highest BCUT2D eigenvalue weighted by molar-refractivity contribution is 6.30. The van der Waals surface area contributed by atoms with E-state index < -0.39 is 11.7 Å². The topological polar surface area (TPSA) is 85.7 Å². The van der Waals surface area contributed by atoms with Gasteiger partial charge in [0.1, 0.15) is 18.0 Å². The van der Waals surface area contributed by atoms with E-state index in [9.17, 15) is 9.59 Å². The number of fused-ring (bicyclic) bond motifs is 2. The van der Waals surface area contributed by atoms with E-state index in [-0.39, 0.29) is 18.4 Å². The van der Waals surface area contributed by atoms with Crippen LogP contribution in [-0.2, 0) is 31.2 Å². The van der Waals surface area contributed by atoms with Crippen LogP contribution in [0.25, 0.3) is 0 Å². The minimum atomic E-state index is -0.693. The fourth-order valence-corrected chi connectivity index (χ4v) is 4.19. The highest BCUT2D eigenvalue weighted by Gasteiger charge is 2.47. The predicted octanol–water partition coefficient (Wildman–Crippen LogP) is 2.04. The highest BCUT2D eigenvalue weighted by atomic mass is 35.5. The van der Waals surface area contributed by atoms with Crippen LogP contribution in [0, 0.1) is 0 Å². The van der Waals surface area contributed by atoms with Gasteiger partial charge in [0, 0.05) is 56.1 Å². The molecule has 2 amide bonds. The van der Waals surface area contributed by atoms with Crippen molar-refractivity contribution in [1.82, 2.24) is 14.5 Å². The molecule has 1 aromatic heterocycles. The molecule has 1 atom stereocenters. The molecular weight excluding hydrogens is 396 g/mol. The van der Waals surface area contributed by atoms with Crippen molar-refractivity contribution in [2.75, 3.05) is 32.1 Å². The lowest BCUT2D eigenvalue weighted by Gasteiger charge is -2.45. The summed E-state index contributed by atoms with van der Waals surface area (Å²) in [5.74, 6) is 0.531. The summed E-state index contributed by atoms with van der Waals surface area (Å²) >= 11 is 6.01. The second kappa shape index (κ2) is 8.14. The first-order valence-corrected chi connectivity index (χ1v) is 9.91. The maximum absolute atomic E-state index is 12.9. The van der Waals surface area contributed by atoms with E-state index in [1.165, 1.54) is 7.11 Å². The predicted molar refractivity (Wildman–Crippen MR) is 107 cm³/mol. The molecule has 2 aromatic rings. The smallest absolute Gasteiger partial charge is 0.255 e. The maximum atomic E-state index is 12.9. The lowest BCUT2D eigenvalue weighted by atomic mass is 9.88. The summed E-state index contributed by atoms with van der Waals surface area (Å²) in [6.07, 6.45) is 4.06. The van der Waals surface area contributed by atoms with Gasteiger partial charge in [-0.15, -0.1) is 0 Å². The van der Waals surface area contributed by atoms with Gasteiger partial charge in [-0.25, -0.2) is 4.98 Å². The summed E-state index contributed by atoms with van der Waals surface area (Å²) < 4.78 is 13.3. The number of hydrogen-bond acceptors (Lipinski definition) is 5. The average Bonchev–Trinajstić information content (AvgIpc) is 3.18. The largest absolute Gasteiger partial charge is 0.375 e. The molecular formula is C20H23ClN4O4. The van der Waals surface area contributed by atoms with Gasteiger partial charge in [0.2, 0.25) is 5.91 Å². The van der Waals surface area contributed by atoms with Gasteiger partial charge >= 0.3 is 0 Å². The molecule has 9 heteroatoms. The SMILES string of the molecule is COCC(=O)N1CCC2(CC1)OC(C(=O)Nc1cccc(Cl)c1)Cn1ccnc12. The third-order valence-corrected chi connectivity index (χ3v) is 5.66. The number of halogens is 1. The summed E-state index contributed by atoms with van der Waals surface area (Å²) in [7, 11) is 1.51. The number of carbonyl (C=O) groups excluding carboxylic acids is 2. The monoisotopic (exact) mass is 418 g/mol. The van der Waals surface area contributed by atoms with Crippen molar-refractivity contribution in [2.45, 2.75) is 31.1 Å². The first-order chi connectivity index (χ1) is 14.0. The van der Waals surface area contributed by atoms with E-state index >= 15 is 0 Å². The third kappa shape index (κ3) is 4.01. The van der Waals surface area contributed by atoms with Crippen molar-refractivity contribution >= 4 is 29.1 Å². The van der Waals surface area contributed by atoms with Crippen molar-refractivity contribution in [2.24, 2.45) is 0 Å². The number of rotatable bonds is 4. The van der Waals surface area contributed by atoms with E-state index in [0.717, 1.165) is 5.82 Å². The fourth-order valence-electron chi connectivity index (χ4n) is 4.00. The number of likely N-dealkylation sites (tertiary alicyclic amines) is 1. The van der Waals surface area contributed by atoms with E-state index in [4.69, 9.17) is 21.1 Å². The minimum absolute atomic E-state index is 0.0447. The van der Waals surface area contributed by atoms with Crippen LogP contribution in [0.3, 0.4) is 0 Å². The Balaban J connectivity index is 1.51. The molecule has 154 valence electrons. The van der Waals surface area contributed by atoms with Crippen molar-refractivity contribution in [3.63, 3.8) is 0 Å². The number of piperidine rings is 1. The van der Waals surface area contributed by atoms with E-state index in [1.807, 2.05) is 10.8 Å². The zero-order valence-electron chi connectivity index (χ0n) is 16.1. The van der Waals surface area contributed by atoms with E-state index in [0.29, 0.717) is 43.2 Å². The van der Waals surface area contributed by atoms with Gasteiger partial charge in [-0.05, 0) is 18.2 Å². The third-order valence-electron chi connectivity index (χ3n) is 5.43. The van der Waals surface area contributed by atoms with Gasteiger partial charge in [0.25, 0.3) is 5.91 Å². The maximum Gasteiger partial charge on any atom is 0.255 e. The molecule has 1 aromatic carbocycles. The molecule has 0 saturated carbocycles. The number of imidazole rings is 1. The highest BCUT2D eigenvalue weighted by Crippen LogP contribution is 2.40. The second-order valence-electron chi connectivity index (χ2n) is 7.32. The van der Waals surface area contributed by atoms with Crippen molar-refractivity contribution in [3.8, 4) is 0 Å².